The highest BCUT2D eigenvalue weighted by Gasteiger charge is 2.58. The second-order valence-electron chi connectivity index (χ2n) is 5.75. The van der Waals surface area contributed by atoms with E-state index >= 15 is 0 Å². The van der Waals surface area contributed by atoms with Crippen LogP contribution in [0.1, 0.15) is 26.2 Å². The Morgan fingerprint density at radius 2 is 2.28 bits per heavy atom. The molecule has 4 heteroatoms. The molecule has 2 heterocycles. The number of nitrogens with zero attached hydrogens (tertiary/aromatic N) is 1. The molecule has 2 aliphatic heterocycles. The van der Waals surface area contributed by atoms with Crippen LogP contribution in [0.15, 0.2) is 23.3 Å². The number of fused-ring (bicyclic) bond motifs is 2. The third kappa shape index (κ3) is 1.21. The normalized spacial score (nSPS) is 38.1. The molecular weight excluding hydrogens is 230 g/mol. The van der Waals surface area contributed by atoms with Gasteiger partial charge in [0.15, 0.2) is 0 Å². The lowest BCUT2D eigenvalue weighted by Crippen LogP contribution is -2.63. The zero-order valence-corrected chi connectivity index (χ0v) is 10.6. The third-order valence-corrected chi connectivity index (χ3v) is 4.72. The number of likely N-dealkylation sites (N-methyl/N-ethyl adjacent to an activating group) is 1. The Kier molecular flexibility index (Phi) is 2.22. The molecule has 3 unspecified atom stereocenters. The van der Waals surface area contributed by atoms with Crippen LogP contribution in [0, 0.1) is 11.3 Å². The number of carboxylic acid groups (broad SMARTS) is 1. The molecule has 0 aromatic carbocycles. The molecule has 2 bridgehead atoms. The Labute approximate surface area is 106 Å². The van der Waals surface area contributed by atoms with Gasteiger partial charge in [-0.25, -0.2) is 0 Å². The van der Waals surface area contributed by atoms with Crippen LogP contribution < -0.4 is 0 Å². The zero-order valence-electron chi connectivity index (χ0n) is 10.6. The molecule has 2 aliphatic carbocycles. The maximum Gasteiger partial charge on any atom is 0.311 e. The Bertz CT molecular complexity index is 505. The molecule has 0 saturated carbocycles. The van der Waals surface area contributed by atoms with Gasteiger partial charge < -0.3 is 10.0 Å². The molecule has 0 aromatic heterocycles. The first kappa shape index (κ1) is 11.5. The van der Waals surface area contributed by atoms with E-state index in [0.717, 1.165) is 18.4 Å². The quantitative estimate of drug-likeness (QED) is 0.765. The van der Waals surface area contributed by atoms with Crippen molar-refractivity contribution in [3.8, 4) is 0 Å². The van der Waals surface area contributed by atoms with Crippen molar-refractivity contribution in [3.63, 3.8) is 0 Å². The van der Waals surface area contributed by atoms with Gasteiger partial charge in [0.2, 0.25) is 5.91 Å². The van der Waals surface area contributed by atoms with Gasteiger partial charge in [0.05, 0.1) is 17.4 Å². The molecule has 1 saturated heterocycles. The largest absolute Gasteiger partial charge is 0.481 e. The summed E-state index contributed by atoms with van der Waals surface area (Å²) in [6.45, 7) is 1.77. The number of hydrogen-bond acceptors (Lipinski definition) is 2. The molecule has 4 rings (SSSR count). The smallest absolute Gasteiger partial charge is 0.311 e. The summed E-state index contributed by atoms with van der Waals surface area (Å²) in [5.41, 5.74) is 1.40. The van der Waals surface area contributed by atoms with Crippen molar-refractivity contribution in [2.75, 3.05) is 7.05 Å². The fourth-order valence-corrected chi connectivity index (χ4v) is 3.79. The van der Waals surface area contributed by atoms with Crippen LogP contribution in [0.25, 0.3) is 0 Å². The van der Waals surface area contributed by atoms with E-state index in [0.29, 0.717) is 6.42 Å². The maximum atomic E-state index is 12.2. The Morgan fingerprint density at radius 3 is 2.94 bits per heavy atom. The predicted octanol–water partition coefficient (Wildman–Crippen LogP) is 1.58. The fraction of sp³-hybridized carbons (Fsp3) is 0.571. The van der Waals surface area contributed by atoms with E-state index in [1.807, 2.05) is 6.08 Å². The summed E-state index contributed by atoms with van der Waals surface area (Å²) in [5.74, 6) is -0.934. The highest BCUT2D eigenvalue weighted by atomic mass is 16.4. The van der Waals surface area contributed by atoms with Gasteiger partial charge in [0, 0.05) is 7.05 Å². The molecule has 0 aromatic rings. The molecule has 18 heavy (non-hydrogen) atoms. The second-order valence-corrected chi connectivity index (χ2v) is 5.75. The molecule has 4 aliphatic rings. The molecular formula is C14H17NO3. The first-order valence-corrected chi connectivity index (χ1v) is 6.36. The van der Waals surface area contributed by atoms with Crippen LogP contribution in [0.5, 0.6) is 0 Å². The lowest BCUT2D eigenvalue weighted by atomic mass is 9.59. The molecule has 1 amide bonds. The summed E-state index contributed by atoms with van der Waals surface area (Å²) in [6.07, 6.45) is 6.42. The Hall–Kier alpha value is -1.58. The molecule has 96 valence electrons. The van der Waals surface area contributed by atoms with Crippen LogP contribution >= 0.6 is 0 Å². The third-order valence-electron chi connectivity index (χ3n) is 4.72. The zero-order chi connectivity index (χ0) is 13.1. The van der Waals surface area contributed by atoms with Crippen LogP contribution in [0.3, 0.4) is 0 Å². The summed E-state index contributed by atoms with van der Waals surface area (Å²) < 4.78 is 0. The van der Waals surface area contributed by atoms with E-state index in [1.54, 1.807) is 18.9 Å². The van der Waals surface area contributed by atoms with Crippen LogP contribution in [-0.4, -0.2) is 35.0 Å². The van der Waals surface area contributed by atoms with Gasteiger partial charge in [-0.1, -0.05) is 17.7 Å². The molecule has 0 spiro atoms. The van der Waals surface area contributed by atoms with Crippen LogP contribution in [0.2, 0.25) is 0 Å². The number of carbonyl (C=O) groups excluding carboxylic acids is 1. The van der Waals surface area contributed by atoms with Crippen molar-refractivity contribution in [2.24, 2.45) is 11.3 Å². The maximum absolute atomic E-state index is 12.2. The van der Waals surface area contributed by atoms with Gasteiger partial charge in [-0.3, -0.25) is 9.59 Å². The van der Waals surface area contributed by atoms with Gasteiger partial charge in [0.1, 0.15) is 0 Å². The minimum Gasteiger partial charge on any atom is -0.481 e. The number of aliphatic carboxylic acids is 1. The summed E-state index contributed by atoms with van der Waals surface area (Å²) in [4.78, 5) is 25.5. The van der Waals surface area contributed by atoms with Crippen molar-refractivity contribution in [3.05, 3.63) is 23.3 Å². The minimum absolute atomic E-state index is 0.0905. The van der Waals surface area contributed by atoms with Crippen molar-refractivity contribution in [1.29, 1.82) is 0 Å². The van der Waals surface area contributed by atoms with Crippen molar-refractivity contribution in [2.45, 2.75) is 32.2 Å². The van der Waals surface area contributed by atoms with E-state index in [9.17, 15) is 14.7 Å². The number of rotatable bonds is 1. The average Bonchev–Trinajstić information content (AvgIpc) is 2.34. The number of hydrogen-bond donors (Lipinski definition) is 1. The standard InChI is InChI=1S/C14H17NO3/c1-14(13(17)18)7-10-8-5-3-4-6-9(8)11(14)15(2)12(10)16/h4,6,10-11H,3,5,7H2,1-2H3,(H,17,18). The topological polar surface area (TPSA) is 57.6 Å². The van der Waals surface area contributed by atoms with Crippen molar-refractivity contribution >= 4 is 11.9 Å². The molecule has 0 radical (unpaired) electrons. The Balaban J connectivity index is 2.18. The highest BCUT2D eigenvalue weighted by molar-refractivity contribution is 5.90. The van der Waals surface area contributed by atoms with E-state index in [1.165, 1.54) is 5.57 Å². The highest BCUT2D eigenvalue weighted by Crippen LogP contribution is 2.52. The van der Waals surface area contributed by atoms with Gasteiger partial charge in [-0.2, -0.15) is 0 Å². The first-order chi connectivity index (χ1) is 8.47. The van der Waals surface area contributed by atoms with Crippen molar-refractivity contribution in [1.82, 2.24) is 4.90 Å². The summed E-state index contributed by atoms with van der Waals surface area (Å²) in [7, 11) is 1.73. The first-order valence-electron chi connectivity index (χ1n) is 6.36. The predicted molar refractivity (Wildman–Crippen MR) is 65.8 cm³/mol. The lowest BCUT2D eigenvalue weighted by Gasteiger charge is -2.53. The number of amides is 1. The van der Waals surface area contributed by atoms with E-state index in [2.05, 4.69) is 6.08 Å². The van der Waals surface area contributed by atoms with Crippen LogP contribution in [-0.2, 0) is 9.59 Å². The van der Waals surface area contributed by atoms with Gasteiger partial charge in [0.25, 0.3) is 0 Å². The van der Waals surface area contributed by atoms with Crippen LogP contribution in [0.4, 0.5) is 0 Å². The monoisotopic (exact) mass is 247 g/mol. The summed E-state index contributed by atoms with van der Waals surface area (Å²) in [6, 6.07) is -0.306. The minimum atomic E-state index is -0.853. The molecule has 4 nitrogen and oxygen atoms in total. The van der Waals surface area contributed by atoms with Gasteiger partial charge in [-0.15, -0.1) is 0 Å². The SMILES string of the molecule is CN1C(=O)C2CC(C)(C(=O)O)C1C1=C2CCC=C1. The number of piperidine rings is 1. The number of allylic oxidation sites excluding steroid dienone is 1. The summed E-state index contributed by atoms with van der Waals surface area (Å²) in [5, 5.41) is 9.53. The molecule has 1 N–H and O–H groups in total. The van der Waals surface area contributed by atoms with Gasteiger partial charge >= 0.3 is 5.97 Å². The summed E-state index contributed by atoms with van der Waals surface area (Å²) >= 11 is 0. The van der Waals surface area contributed by atoms with E-state index < -0.39 is 11.4 Å². The molecule has 1 fully saturated rings. The fourth-order valence-electron chi connectivity index (χ4n) is 3.79. The average molecular weight is 247 g/mol. The number of carbonyl (C=O) groups is 2. The Morgan fingerprint density at radius 1 is 1.56 bits per heavy atom. The lowest BCUT2D eigenvalue weighted by molar-refractivity contribution is -0.163. The van der Waals surface area contributed by atoms with Gasteiger partial charge in [-0.05, 0) is 31.8 Å². The van der Waals surface area contributed by atoms with E-state index in [-0.39, 0.29) is 17.9 Å². The second kappa shape index (κ2) is 3.46. The van der Waals surface area contributed by atoms with Crippen molar-refractivity contribution < 1.29 is 14.7 Å². The number of carboxylic acids is 1. The van der Waals surface area contributed by atoms with E-state index in [4.69, 9.17) is 0 Å². The molecule has 3 atom stereocenters.